The number of halogens is 1. The first kappa shape index (κ1) is 25.1. The first-order chi connectivity index (χ1) is 17.8. The molecule has 3 aromatic rings. The van der Waals surface area contributed by atoms with Crippen molar-refractivity contribution in [3.63, 3.8) is 0 Å². The van der Waals surface area contributed by atoms with E-state index in [0.717, 1.165) is 16.9 Å². The molecular formula is C27H32FN5O4. The summed E-state index contributed by atoms with van der Waals surface area (Å²) < 4.78 is 21.0. The van der Waals surface area contributed by atoms with Gasteiger partial charge in [0.15, 0.2) is 0 Å². The van der Waals surface area contributed by atoms with E-state index in [1.807, 2.05) is 25.1 Å². The van der Waals surface area contributed by atoms with Gasteiger partial charge in [0.2, 0.25) is 5.91 Å². The SMILES string of the molecule is Cc1ccc(OCC2CC2)c(-c2ncnc3c(C(=O)N[C@H]4CC[C@@H](NC(=O)CO)C[C@H]4F)c(C)[nH]c23)c1. The molecule has 0 unspecified atom stereocenters. The maximum Gasteiger partial charge on any atom is 0.255 e. The topological polar surface area (TPSA) is 129 Å². The zero-order valence-electron chi connectivity index (χ0n) is 21.0. The molecule has 0 radical (unpaired) electrons. The second-order valence-corrected chi connectivity index (χ2v) is 10.2. The van der Waals surface area contributed by atoms with Crippen LogP contribution >= 0.6 is 0 Å². The highest BCUT2D eigenvalue weighted by Gasteiger charge is 2.33. The largest absolute Gasteiger partial charge is 0.493 e. The molecule has 2 aromatic heterocycles. The number of rotatable bonds is 8. The predicted molar refractivity (Wildman–Crippen MR) is 136 cm³/mol. The fourth-order valence-electron chi connectivity index (χ4n) is 4.97. The molecule has 0 bridgehead atoms. The van der Waals surface area contributed by atoms with Crippen molar-refractivity contribution >= 4 is 22.8 Å². The second kappa shape index (κ2) is 10.5. The van der Waals surface area contributed by atoms with Crippen molar-refractivity contribution in [2.75, 3.05) is 13.2 Å². The van der Waals surface area contributed by atoms with Crippen LogP contribution in [0.4, 0.5) is 4.39 Å². The average Bonchev–Trinajstić information content (AvgIpc) is 3.64. The van der Waals surface area contributed by atoms with Gasteiger partial charge in [-0.2, -0.15) is 0 Å². The predicted octanol–water partition coefficient (Wildman–Crippen LogP) is 3.13. The Morgan fingerprint density at radius 2 is 1.97 bits per heavy atom. The smallest absolute Gasteiger partial charge is 0.255 e. The summed E-state index contributed by atoms with van der Waals surface area (Å²) in [7, 11) is 0. The second-order valence-electron chi connectivity index (χ2n) is 10.2. The molecule has 37 heavy (non-hydrogen) atoms. The van der Waals surface area contributed by atoms with Crippen LogP contribution in [-0.2, 0) is 4.79 Å². The van der Waals surface area contributed by atoms with Crippen LogP contribution < -0.4 is 15.4 Å². The van der Waals surface area contributed by atoms with E-state index >= 15 is 0 Å². The lowest BCUT2D eigenvalue weighted by Crippen LogP contribution is -2.50. The summed E-state index contributed by atoms with van der Waals surface area (Å²) >= 11 is 0. The minimum Gasteiger partial charge on any atom is -0.493 e. The van der Waals surface area contributed by atoms with Gasteiger partial charge in [0.05, 0.1) is 23.7 Å². The van der Waals surface area contributed by atoms with Crippen molar-refractivity contribution in [1.82, 2.24) is 25.6 Å². The van der Waals surface area contributed by atoms with Gasteiger partial charge in [-0.25, -0.2) is 14.4 Å². The van der Waals surface area contributed by atoms with Crippen LogP contribution in [0.1, 0.15) is 53.7 Å². The van der Waals surface area contributed by atoms with Crippen LogP contribution in [-0.4, -0.2) is 63.3 Å². The Balaban J connectivity index is 1.39. The van der Waals surface area contributed by atoms with Crippen LogP contribution in [0.15, 0.2) is 24.5 Å². The van der Waals surface area contributed by atoms with Gasteiger partial charge in [0.1, 0.15) is 36.1 Å². The molecule has 10 heteroatoms. The zero-order chi connectivity index (χ0) is 26.1. The molecule has 2 aliphatic carbocycles. The van der Waals surface area contributed by atoms with Crippen molar-refractivity contribution < 1.29 is 23.8 Å². The van der Waals surface area contributed by atoms with Crippen LogP contribution in [0.2, 0.25) is 0 Å². The quantitative estimate of drug-likeness (QED) is 0.369. The lowest BCUT2D eigenvalue weighted by atomic mass is 9.89. The fraction of sp³-hybridized carbons (Fsp3) is 0.481. The van der Waals surface area contributed by atoms with Gasteiger partial charge in [0.25, 0.3) is 5.91 Å². The molecule has 2 fully saturated rings. The van der Waals surface area contributed by atoms with E-state index in [0.29, 0.717) is 53.4 Å². The molecule has 2 heterocycles. The Bertz CT molecular complexity index is 1320. The summed E-state index contributed by atoms with van der Waals surface area (Å²) in [5, 5.41) is 14.3. The number of fused-ring (bicyclic) bond motifs is 1. The Kier molecular flexibility index (Phi) is 7.10. The van der Waals surface area contributed by atoms with Gasteiger partial charge in [-0.1, -0.05) is 11.6 Å². The van der Waals surface area contributed by atoms with Crippen LogP contribution in [0.25, 0.3) is 22.3 Å². The maximum atomic E-state index is 14.9. The summed E-state index contributed by atoms with van der Waals surface area (Å²) in [4.78, 5) is 37.0. The zero-order valence-corrected chi connectivity index (χ0v) is 21.0. The highest BCUT2D eigenvalue weighted by Crippen LogP contribution is 2.37. The third kappa shape index (κ3) is 5.44. The molecule has 0 saturated heterocycles. The number of amides is 2. The van der Waals surface area contributed by atoms with Crippen LogP contribution in [0.3, 0.4) is 0 Å². The fourth-order valence-corrected chi connectivity index (χ4v) is 4.97. The summed E-state index contributed by atoms with van der Waals surface area (Å²) in [5.74, 6) is 0.400. The monoisotopic (exact) mass is 509 g/mol. The Morgan fingerprint density at radius 1 is 1.16 bits per heavy atom. The minimum absolute atomic E-state index is 0.0763. The number of nitrogens with zero attached hydrogens (tertiary/aromatic N) is 2. The van der Waals surface area contributed by atoms with Gasteiger partial charge < -0.3 is 25.5 Å². The Labute approximate surface area is 214 Å². The third-order valence-corrected chi connectivity index (χ3v) is 7.16. The number of aromatic nitrogens is 3. The molecule has 3 atom stereocenters. The third-order valence-electron chi connectivity index (χ3n) is 7.16. The molecule has 5 rings (SSSR count). The molecule has 2 aliphatic rings. The minimum atomic E-state index is -1.32. The van der Waals surface area contributed by atoms with Gasteiger partial charge in [-0.15, -0.1) is 0 Å². The van der Waals surface area contributed by atoms with E-state index in [1.54, 1.807) is 6.92 Å². The van der Waals surface area contributed by atoms with Crippen molar-refractivity contribution in [2.24, 2.45) is 5.92 Å². The summed E-state index contributed by atoms with van der Waals surface area (Å²) in [6.07, 6.45) is 3.44. The van der Waals surface area contributed by atoms with E-state index in [9.17, 15) is 14.0 Å². The molecule has 1 aromatic carbocycles. The number of aliphatic hydroxyl groups is 1. The first-order valence-corrected chi connectivity index (χ1v) is 12.8. The number of ether oxygens (including phenoxy) is 1. The van der Waals surface area contributed by atoms with Crippen molar-refractivity contribution in [1.29, 1.82) is 0 Å². The summed E-state index contributed by atoms with van der Waals surface area (Å²) in [6, 6.07) is 4.92. The van der Waals surface area contributed by atoms with Gasteiger partial charge >= 0.3 is 0 Å². The molecule has 2 saturated carbocycles. The molecule has 196 valence electrons. The van der Waals surface area contributed by atoms with E-state index in [-0.39, 0.29) is 12.5 Å². The number of aliphatic hydroxyl groups excluding tert-OH is 1. The number of nitrogens with one attached hydrogen (secondary N) is 3. The van der Waals surface area contributed by atoms with Crippen LogP contribution in [0, 0.1) is 19.8 Å². The highest BCUT2D eigenvalue weighted by atomic mass is 19.1. The average molecular weight is 510 g/mol. The molecule has 2 amide bonds. The molecule has 9 nitrogen and oxygen atoms in total. The van der Waals surface area contributed by atoms with E-state index in [1.165, 1.54) is 19.2 Å². The number of carbonyl (C=O) groups excluding carboxylic acids is 2. The van der Waals surface area contributed by atoms with E-state index in [4.69, 9.17) is 9.84 Å². The maximum absolute atomic E-state index is 14.9. The number of benzene rings is 1. The van der Waals surface area contributed by atoms with Crippen LogP contribution in [0.5, 0.6) is 5.75 Å². The number of aryl methyl sites for hydroxylation is 2. The summed E-state index contributed by atoms with van der Waals surface area (Å²) in [5.41, 5.74) is 4.59. The number of hydrogen-bond acceptors (Lipinski definition) is 6. The van der Waals surface area contributed by atoms with Crippen molar-refractivity contribution in [3.05, 3.63) is 41.3 Å². The van der Waals surface area contributed by atoms with Gasteiger partial charge in [-0.05, 0) is 57.6 Å². The van der Waals surface area contributed by atoms with Crippen molar-refractivity contribution in [2.45, 2.75) is 64.2 Å². The number of hydrogen-bond donors (Lipinski definition) is 4. The van der Waals surface area contributed by atoms with Crippen molar-refractivity contribution in [3.8, 4) is 17.0 Å². The molecule has 4 N–H and O–H groups in total. The molecule has 0 spiro atoms. The van der Waals surface area contributed by atoms with E-state index < -0.39 is 30.6 Å². The van der Waals surface area contributed by atoms with E-state index in [2.05, 4.69) is 25.6 Å². The lowest BCUT2D eigenvalue weighted by molar-refractivity contribution is -0.124. The Morgan fingerprint density at radius 3 is 2.70 bits per heavy atom. The molecular weight excluding hydrogens is 477 g/mol. The first-order valence-electron chi connectivity index (χ1n) is 12.8. The van der Waals surface area contributed by atoms with Gasteiger partial charge in [0, 0.05) is 23.7 Å². The highest BCUT2D eigenvalue weighted by molar-refractivity contribution is 6.09. The number of aromatic amines is 1. The molecule has 0 aliphatic heterocycles. The number of alkyl halides is 1. The Hall–Kier alpha value is -3.53. The number of H-pyrrole nitrogens is 1. The number of carbonyl (C=O) groups is 2. The standard InChI is InChI=1S/C27H32FN5O4/c1-14-3-8-21(37-12-16-4-5-16)18(9-14)24-26-25(30-13-29-24)23(15(2)31-26)27(36)33-20-7-6-17(10-19(20)28)32-22(35)11-34/h3,8-9,13,16-17,19-20,31,34H,4-7,10-12H2,1-2H3,(H,32,35)(H,33,36)/t17-,19-,20+/m1/s1. The summed E-state index contributed by atoms with van der Waals surface area (Å²) in [6.45, 7) is 3.82. The normalized spacial score (nSPS) is 21.6. The van der Waals surface area contributed by atoms with Gasteiger partial charge in [-0.3, -0.25) is 9.59 Å². The lowest BCUT2D eigenvalue weighted by Gasteiger charge is -2.32.